The number of rotatable bonds is 8. The van der Waals surface area contributed by atoms with Crippen molar-refractivity contribution in [3.8, 4) is 11.4 Å². The molecule has 0 spiro atoms. The predicted molar refractivity (Wildman–Crippen MR) is 273 cm³/mol. The van der Waals surface area contributed by atoms with Gasteiger partial charge in [-0.1, -0.05) is 121 Å². The monoisotopic (exact) mass is 850 g/mol. The number of thiophene rings is 1. The van der Waals surface area contributed by atoms with Crippen LogP contribution in [0, 0.1) is 0 Å². The lowest BCUT2D eigenvalue weighted by atomic mass is 10.1. The molecule has 0 amide bonds. The van der Waals surface area contributed by atoms with Crippen molar-refractivity contribution >= 4 is 110 Å². The molecule has 7 heteroatoms. The van der Waals surface area contributed by atoms with E-state index in [9.17, 15) is 0 Å². The molecule has 306 valence electrons. The Morgan fingerprint density at radius 2 is 0.800 bits per heavy atom. The number of hydrogen-bond donors (Lipinski definition) is 0. The highest BCUT2D eigenvalue weighted by molar-refractivity contribution is 7.25. The summed E-state index contributed by atoms with van der Waals surface area (Å²) in [5, 5.41) is 5.91. The van der Waals surface area contributed by atoms with Crippen LogP contribution >= 0.6 is 11.3 Å². The average Bonchev–Trinajstić information content (AvgIpc) is 4.02. The van der Waals surface area contributed by atoms with Gasteiger partial charge in [-0.2, -0.15) is 0 Å². The van der Waals surface area contributed by atoms with Gasteiger partial charge in [0.05, 0.1) is 44.2 Å². The standard InChI is InChI=1S/C58H38N6S/c1-5-17-39(18-6-1)61(43-29-31-48-46-25-13-15-27-51(46)63(53(48)33-43)41-21-9-3-10-22-41)45-35-56-58(60-37-45)50-38-59-57(36-55(50)65-56)62(40-19-7-2-8-20-40)44-30-32-49-47-26-14-16-28-52(47)64(54(49)34-44)42-23-11-4-12-24-42/h1-38H. The first-order chi connectivity index (χ1) is 32.2. The normalized spacial score (nSPS) is 11.7. The number of fused-ring (bicyclic) bond motifs is 9. The molecule has 0 atom stereocenters. The van der Waals surface area contributed by atoms with Gasteiger partial charge in [-0.15, -0.1) is 11.3 Å². The van der Waals surface area contributed by atoms with Crippen molar-refractivity contribution in [3.05, 3.63) is 231 Å². The molecule has 8 aromatic carbocycles. The predicted octanol–water partition coefficient (Wildman–Crippen LogP) is 16.0. The van der Waals surface area contributed by atoms with Crippen LogP contribution in [0.3, 0.4) is 0 Å². The maximum atomic E-state index is 5.19. The fourth-order valence-corrected chi connectivity index (χ4v) is 10.8. The zero-order valence-corrected chi connectivity index (χ0v) is 35.8. The highest BCUT2D eigenvalue weighted by Gasteiger charge is 2.22. The summed E-state index contributed by atoms with van der Waals surface area (Å²) < 4.78 is 6.95. The Morgan fingerprint density at radius 3 is 1.37 bits per heavy atom. The van der Waals surface area contributed by atoms with Gasteiger partial charge >= 0.3 is 0 Å². The van der Waals surface area contributed by atoms with Crippen molar-refractivity contribution in [2.24, 2.45) is 0 Å². The van der Waals surface area contributed by atoms with Crippen LogP contribution in [-0.2, 0) is 0 Å². The van der Waals surface area contributed by atoms with Gasteiger partial charge in [0.15, 0.2) is 0 Å². The Morgan fingerprint density at radius 1 is 0.323 bits per heavy atom. The van der Waals surface area contributed by atoms with Crippen molar-refractivity contribution < 1.29 is 0 Å². The first-order valence-electron chi connectivity index (χ1n) is 21.8. The first kappa shape index (κ1) is 37.1. The van der Waals surface area contributed by atoms with E-state index in [1.165, 1.54) is 32.6 Å². The van der Waals surface area contributed by atoms with Gasteiger partial charge in [0, 0.05) is 72.0 Å². The molecule has 5 aromatic heterocycles. The molecule has 0 saturated carbocycles. The first-order valence-corrected chi connectivity index (χ1v) is 22.6. The van der Waals surface area contributed by atoms with Crippen LogP contribution in [0.5, 0.6) is 0 Å². The molecular weight excluding hydrogens is 813 g/mol. The van der Waals surface area contributed by atoms with E-state index < -0.39 is 0 Å². The van der Waals surface area contributed by atoms with Crippen molar-refractivity contribution in [1.29, 1.82) is 0 Å². The maximum Gasteiger partial charge on any atom is 0.138 e. The Labute approximate surface area is 378 Å². The molecule has 0 saturated heterocycles. The molecule has 0 N–H and O–H groups in total. The van der Waals surface area contributed by atoms with Crippen molar-refractivity contribution in [2.75, 3.05) is 9.80 Å². The van der Waals surface area contributed by atoms with E-state index in [1.54, 1.807) is 11.3 Å². The largest absolute Gasteiger partial charge is 0.309 e. The molecule has 6 nitrogen and oxygen atoms in total. The summed E-state index contributed by atoms with van der Waals surface area (Å²) >= 11 is 1.75. The second-order valence-electron chi connectivity index (χ2n) is 16.3. The summed E-state index contributed by atoms with van der Waals surface area (Å²) in [4.78, 5) is 15.0. The number of anilines is 6. The lowest BCUT2D eigenvalue weighted by Gasteiger charge is -2.25. The molecule has 65 heavy (non-hydrogen) atoms. The number of pyridine rings is 2. The number of aromatic nitrogens is 4. The topological polar surface area (TPSA) is 42.1 Å². The van der Waals surface area contributed by atoms with Crippen LogP contribution in [0.2, 0.25) is 0 Å². The number of hydrogen-bond acceptors (Lipinski definition) is 5. The second kappa shape index (κ2) is 15.1. The molecule has 0 unspecified atom stereocenters. The van der Waals surface area contributed by atoms with Crippen LogP contribution in [0.25, 0.3) is 75.3 Å². The van der Waals surface area contributed by atoms with Crippen LogP contribution < -0.4 is 9.80 Å². The Kier molecular flexibility index (Phi) is 8.60. The van der Waals surface area contributed by atoms with Gasteiger partial charge in [0.25, 0.3) is 0 Å². The summed E-state index contributed by atoms with van der Waals surface area (Å²) in [6, 6.07) is 77.8. The zero-order valence-electron chi connectivity index (χ0n) is 35.0. The molecular formula is C58H38N6S. The molecule has 13 aromatic rings. The van der Waals surface area contributed by atoms with E-state index >= 15 is 0 Å². The fourth-order valence-electron chi connectivity index (χ4n) is 9.69. The zero-order chi connectivity index (χ0) is 42.8. The highest BCUT2D eigenvalue weighted by Crippen LogP contribution is 2.44. The summed E-state index contributed by atoms with van der Waals surface area (Å²) in [5.41, 5.74) is 13.0. The molecule has 5 heterocycles. The third kappa shape index (κ3) is 6.09. The molecule has 0 fully saturated rings. The highest BCUT2D eigenvalue weighted by atomic mass is 32.1. The van der Waals surface area contributed by atoms with Gasteiger partial charge in [0.1, 0.15) is 5.82 Å². The van der Waals surface area contributed by atoms with Crippen molar-refractivity contribution in [3.63, 3.8) is 0 Å². The Balaban J connectivity index is 0.949. The minimum Gasteiger partial charge on any atom is -0.309 e. The van der Waals surface area contributed by atoms with Crippen molar-refractivity contribution in [2.45, 2.75) is 0 Å². The molecule has 0 radical (unpaired) electrons. The van der Waals surface area contributed by atoms with Crippen LogP contribution in [0.1, 0.15) is 0 Å². The Bertz CT molecular complexity index is 3640. The van der Waals surface area contributed by atoms with Gasteiger partial charge in [-0.05, 0) is 97.1 Å². The van der Waals surface area contributed by atoms with E-state index in [-0.39, 0.29) is 0 Å². The smallest absolute Gasteiger partial charge is 0.138 e. The second-order valence-corrected chi connectivity index (χ2v) is 17.4. The Hall–Kier alpha value is -8.52. The number of nitrogens with zero attached hydrogens (tertiary/aromatic N) is 6. The third-order valence-corrected chi connectivity index (χ3v) is 13.6. The van der Waals surface area contributed by atoms with Crippen LogP contribution in [0.15, 0.2) is 231 Å². The van der Waals surface area contributed by atoms with E-state index in [1.807, 2.05) is 12.4 Å². The maximum absolute atomic E-state index is 5.19. The molecule has 0 aliphatic carbocycles. The quantitative estimate of drug-likeness (QED) is 0.153. The van der Waals surface area contributed by atoms with Gasteiger partial charge in [-0.3, -0.25) is 9.88 Å². The van der Waals surface area contributed by atoms with Crippen LogP contribution in [0.4, 0.5) is 34.3 Å². The van der Waals surface area contributed by atoms with E-state index in [0.717, 1.165) is 77.0 Å². The van der Waals surface area contributed by atoms with Gasteiger partial charge in [-0.25, -0.2) is 4.98 Å². The fraction of sp³-hybridized carbons (Fsp3) is 0. The van der Waals surface area contributed by atoms with E-state index in [4.69, 9.17) is 9.97 Å². The lowest BCUT2D eigenvalue weighted by molar-refractivity contribution is 1.17. The number of para-hydroxylation sites is 6. The lowest BCUT2D eigenvalue weighted by Crippen LogP contribution is -2.11. The third-order valence-electron chi connectivity index (χ3n) is 12.5. The summed E-state index contributed by atoms with van der Waals surface area (Å²) in [5.74, 6) is 0.838. The van der Waals surface area contributed by atoms with Gasteiger partial charge < -0.3 is 14.0 Å². The average molecular weight is 851 g/mol. The summed E-state index contributed by atoms with van der Waals surface area (Å²) in [7, 11) is 0. The SMILES string of the molecule is c1ccc(N(c2cnc3c(c2)sc2cc(N(c4ccccc4)c4ccc5c6ccccc6n(-c6ccccc6)c5c4)ncc23)c2ccc3c4ccccc4n(-c4ccccc4)c3c2)cc1. The summed E-state index contributed by atoms with van der Waals surface area (Å²) in [6.07, 6.45) is 4.00. The van der Waals surface area contributed by atoms with Crippen LogP contribution in [-0.4, -0.2) is 19.1 Å². The minimum atomic E-state index is 0.838. The minimum absolute atomic E-state index is 0.838. The molecule has 0 aliphatic heterocycles. The number of benzene rings is 8. The van der Waals surface area contributed by atoms with Crippen molar-refractivity contribution in [1.82, 2.24) is 19.1 Å². The molecule has 0 aliphatic rings. The molecule has 0 bridgehead atoms. The summed E-state index contributed by atoms with van der Waals surface area (Å²) in [6.45, 7) is 0. The van der Waals surface area contributed by atoms with E-state index in [0.29, 0.717) is 0 Å². The molecule has 13 rings (SSSR count). The van der Waals surface area contributed by atoms with Gasteiger partial charge in [0.2, 0.25) is 0 Å². The van der Waals surface area contributed by atoms with E-state index in [2.05, 4.69) is 237 Å².